The lowest BCUT2D eigenvalue weighted by Crippen LogP contribution is -2.37. The van der Waals surface area contributed by atoms with Gasteiger partial charge in [-0.25, -0.2) is 4.79 Å². The van der Waals surface area contributed by atoms with E-state index in [1.165, 1.54) is 0 Å². The first-order valence-electron chi connectivity index (χ1n) is 7.40. The fourth-order valence-electron chi connectivity index (χ4n) is 3.51. The van der Waals surface area contributed by atoms with Crippen molar-refractivity contribution in [1.29, 1.82) is 0 Å². The van der Waals surface area contributed by atoms with E-state index < -0.39 is 5.54 Å². The van der Waals surface area contributed by atoms with Gasteiger partial charge >= 0.3 is 0 Å². The van der Waals surface area contributed by atoms with Crippen molar-refractivity contribution in [3.8, 4) is 0 Å². The highest BCUT2D eigenvalue weighted by Crippen LogP contribution is 2.46. The molecule has 1 saturated carbocycles. The summed E-state index contributed by atoms with van der Waals surface area (Å²) in [4.78, 5) is 26.9. The number of hydrogen-bond acceptors (Lipinski definition) is 4. The molecule has 5 heteroatoms. The number of aliphatic imine (C=N–C) groups is 1. The molecule has 5 nitrogen and oxygen atoms in total. The third-order valence-corrected chi connectivity index (χ3v) is 4.63. The maximum Gasteiger partial charge on any atom is 0.242 e. The molecule has 1 amide bonds. The summed E-state index contributed by atoms with van der Waals surface area (Å²) in [7, 11) is 1.79. The lowest BCUT2D eigenvalue weighted by molar-refractivity contribution is -0.126. The molecule has 1 aliphatic carbocycles. The Labute approximate surface area is 124 Å². The standard InChI is InChI=1S/C16H19N3O2/c1-18-15(21)8-11-19(18)14-7-3-2-6-13(14)16(17-12-20)9-4-5-10-16/h2-3,6-7H,4-5,8-11H2,1H3. The fraction of sp³-hybridized carbons (Fsp3) is 0.500. The molecule has 0 unspecified atom stereocenters. The second-order valence-corrected chi connectivity index (χ2v) is 5.75. The van der Waals surface area contributed by atoms with E-state index in [1.807, 2.05) is 29.3 Å². The smallest absolute Gasteiger partial charge is 0.242 e. The predicted molar refractivity (Wildman–Crippen MR) is 79.4 cm³/mol. The molecule has 0 atom stereocenters. The van der Waals surface area contributed by atoms with E-state index in [0.29, 0.717) is 13.0 Å². The zero-order chi connectivity index (χ0) is 14.9. The number of isocyanates is 1. The second kappa shape index (κ2) is 5.34. The van der Waals surface area contributed by atoms with Crippen LogP contribution in [0.3, 0.4) is 0 Å². The fourth-order valence-corrected chi connectivity index (χ4v) is 3.51. The largest absolute Gasteiger partial charge is 0.282 e. The molecule has 1 aliphatic heterocycles. The number of rotatable bonds is 3. The summed E-state index contributed by atoms with van der Waals surface area (Å²) in [5.41, 5.74) is 1.55. The van der Waals surface area contributed by atoms with Crippen LogP contribution in [0.15, 0.2) is 29.3 Å². The van der Waals surface area contributed by atoms with Crippen molar-refractivity contribution in [3.05, 3.63) is 29.8 Å². The highest BCUT2D eigenvalue weighted by molar-refractivity contribution is 5.82. The molecule has 21 heavy (non-hydrogen) atoms. The summed E-state index contributed by atoms with van der Waals surface area (Å²) in [6, 6.07) is 7.96. The average Bonchev–Trinajstić information content (AvgIpc) is 3.09. The number of carbonyl (C=O) groups excluding carboxylic acids is 2. The average molecular weight is 285 g/mol. The van der Waals surface area contributed by atoms with Gasteiger partial charge in [0.05, 0.1) is 5.69 Å². The summed E-state index contributed by atoms with van der Waals surface area (Å²) in [6.07, 6.45) is 6.14. The Kier molecular flexibility index (Phi) is 3.52. The number of para-hydroxylation sites is 1. The zero-order valence-corrected chi connectivity index (χ0v) is 12.2. The molecule has 110 valence electrons. The molecule has 0 radical (unpaired) electrons. The maximum atomic E-state index is 11.8. The van der Waals surface area contributed by atoms with Gasteiger partial charge in [-0.15, -0.1) is 0 Å². The first-order valence-corrected chi connectivity index (χ1v) is 7.40. The normalized spacial score (nSPS) is 20.7. The molecule has 0 spiro atoms. The molecule has 1 saturated heterocycles. The number of amides is 1. The van der Waals surface area contributed by atoms with Gasteiger partial charge in [-0.2, -0.15) is 4.99 Å². The Morgan fingerprint density at radius 1 is 1.24 bits per heavy atom. The number of nitrogens with zero attached hydrogens (tertiary/aromatic N) is 3. The van der Waals surface area contributed by atoms with E-state index in [9.17, 15) is 9.59 Å². The minimum absolute atomic E-state index is 0.115. The van der Waals surface area contributed by atoms with Crippen molar-refractivity contribution < 1.29 is 9.59 Å². The van der Waals surface area contributed by atoms with Gasteiger partial charge < -0.3 is 0 Å². The van der Waals surface area contributed by atoms with Crippen LogP contribution < -0.4 is 5.01 Å². The second-order valence-electron chi connectivity index (χ2n) is 5.75. The van der Waals surface area contributed by atoms with Gasteiger partial charge in [0.2, 0.25) is 12.0 Å². The van der Waals surface area contributed by atoms with Crippen molar-refractivity contribution >= 4 is 17.7 Å². The number of hydrazine groups is 1. The van der Waals surface area contributed by atoms with E-state index in [4.69, 9.17) is 0 Å². The van der Waals surface area contributed by atoms with Crippen LogP contribution in [0.4, 0.5) is 5.69 Å². The monoisotopic (exact) mass is 285 g/mol. The van der Waals surface area contributed by atoms with Gasteiger partial charge in [-0.3, -0.25) is 14.8 Å². The summed E-state index contributed by atoms with van der Waals surface area (Å²) < 4.78 is 0. The van der Waals surface area contributed by atoms with Crippen LogP contribution in [0.25, 0.3) is 0 Å². The molecule has 1 aromatic carbocycles. The SMILES string of the molecule is CN1C(=O)CCN1c1ccccc1C1(N=C=O)CCCC1. The lowest BCUT2D eigenvalue weighted by Gasteiger charge is -2.33. The lowest BCUT2D eigenvalue weighted by atomic mass is 9.87. The van der Waals surface area contributed by atoms with Crippen LogP contribution in [0, 0.1) is 0 Å². The molecule has 2 aliphatic rings. The number of hydrogen-bond donors (Lipinski definition) is 0. The van der Waals surface area contributed by atoms with Crippen molar-refractivity contribution in [1.82, 2.24) is 5.01 Å². The van der Waals surface area contributed by atoms with E-state index in [1.54, 1.807) is 18.1 Å². The van der Waals surface area contributed by atoms with Gasteiger partial charge in [0, 0.05) is 25.6 Å². The minimum Gasteiger partial charge on any atom is -0.282 e. The molecule has 0 N–H and O–H groups in total. The summed E-state index contributed by atoms with van der Waals surface area (Å²) >= 11 is 0. The van der Waals surface area contributed by atoms with Crippen LogP contribution >= 0.6 is 0 Å². The Morgan fingerprint density at radius 3 is 2.57 bits per heavy atom. The van der Waals surface area contributed by atoms with E-state index in [-0.39, 0.29) is 5.91 Å². The third-order valence-electron chi connectivity index (χ3n) is 4.63. The molecule has 1 heterocycles. The number of benzene rings is 1. The van der Waals surface area contributed by atoms with Crippen LogP contribution in [0.1, 0.15) is 37.7 Å². The third kappa shape index (κ3) is 2.24. The van der Waals surface area contributed by atoms with Gasteiger partial charge in [0.15, 0.2) is 0 Å². The topological polar surface area (TPSA) is 53.0 Å². The maximum absolute atomic E-state index is 11.8. The van der Waals surface area contributed by atoms with Crippen molar-refractivity contribution in [2.45, 2.75) is 37.6 Å². The van der Waals surface area contributed by atoms with Gasteiger partial charge in [0.25, 0.3) is 0 Å². The van der Waals surface area contributed by atoms with E-state index in [0.717, 1.165) is 36.9 Å². The first kappa shape index (κ1) is 13.8. The Bertz CT molecular complexity index is 601. The predicted octanol–water partition coefficient (Wildman–Crippen LogP) is 2.38. The summed E-state index contributed by atoms with van der Waals surface area (Å²) in [6.45, 7) is 0.674. The van der Waals surface area contributed by atoms with Crippen molar-refractivity contribution in [3.63, 3.8) is 0 Å². The van der Waals surface area contributed by atoms with Crippen molar-refractivity contribution in [2.24, 2.45) is 4.99 Å². The molecule has 0 bridgehead atoms. The van der Waals surface area contributed by atoms with Crippen LogP contribution in [-0.2, 0) is 15.1 Å². The Morgan fingerprint density at radius 2 is 1.95 bits per heavy atom. The quantitative estimate of drug-likeness (QED) is 0.633. The first-order chi connectivity index (χ1) is 10.2. The molecule has 1 aromatic rings. The summed E-state index contributed by atoms with van der Waals surface area (Å²) in [5.74, 6) is 0.115. The molecule has 2 fully saturated rings. The van der Waals surface area contributed by atoms with Crippen LogP contribution in [0.2, 0.25) is 0 Å². The highest BCUT2D eigenvalue weighted by Gasteiger charge is 2.39. The molecular formula is C16H19N3O2. The minimum atomic E-state index is -0.467. The Balaban J connectivity index is 2.07. The van der Waals surface area contributed by atoms with Crippen LogP contribution in [0.5, 0.6) is 0 Å². The Hall–Kier alpha value is -2.13. The van der Waals surface area contributed by atoms with Crippen LogP contribution in [-0.4, -0.2) is 30.6 Å². The van der Waals surface area contributed by atoms with Crippen molar-refractivity contribution in [2.75, 3.05) is 18.6 Å². The van der Waals surface area contributed by atoms with Gasteiger partial charge in [-0.1, -0.05) is 31.0 Å². The van der Waals surface area contributed by atoms with Gasteiger partial charge in [0.1, 0.15) is 5.54 Å². The van der Waals surface area contributed by atoms with E-state index in [2.05, 4.69) is 4.99 Å². The zero-order valence-electron chi connectivity index (χ0n) is 12.2. The van der Waals surface area contributed by atoms with E-state index >= 15 is 0 Å². The highest BCUT2D eigenvalue weighted by atomic mass is 16.2. The molecule has 0 aromatic heterocycles. The molecular weight excluding hydrogens is 266 g/mol. The number of anilines is 1. The number of carbonyl (C=O) groups is 1. The summed E-state index contributed by atoms with van der Waals surface area (Å²) in [5, 5.41) is 3.64. The van der Waals surface area contributed by atoms with Gasteiger partial charge in [-0.05, 0) is 18.9 Å². The molecule has 3 rings (SSSR count).